The highest BCUT2D eigenvalue weighted by atomic mass is 32.2. The third-order valence-electron chi connectivity index (χ3n) is 3.24. The van der Waals surface area contributed by atoms with Gasteiger partial charge in [0, 0.05) is 12.0 Å². The first-order chi connectivity index (χ1) is 10.3. The van der Waals surface area contributed by atoms with Crippen LogP contribution in [0.2, 0.25) is 0 Å². The van der Waals surface area contributed by atoms with E-state index in [2.05, 4.69) is 13.8 Å². The first kappa shape index (κ1) is 18.6. The molecule has 1 aromatic carbocycles. The molecule has 0 bridgehead atoms. The van der Waals surface area contributed by atoms with E-state index in [0.717, 1.165) is 19.3 Å². The van der Waals surface area contributed by atoms with Gasteiger partial charge in [-0.25, -0.2) is 0 Å². The van der Waals surface area contributed by atoms with E-state index in [4.69, 9.17) is 4.74 Å². The molecule has 0 aliphatic rings. The van der Waals surface area contributed by atoms with Crippen molar-refractivity contribution in [2.24, 2.45) is 5.92 Å². The van der Waals surface area contributed by atoms with Gasteiger partial charge in [-0.05, 0) is 12.3 Å². The van der Waals surface area contributed by atoms with Gasteiger partial charge in [0.25, 0.3) is 5.44 Å². The predicted molar refractivity (Wildman–Crippen MR) is 84.7 cm³/mol. The molecule has 5 nitrogen and oxygen atoms in total. The Kier molecular flexibility index (Phi) is 7.55. The van der Waals surface area contributed by atoms with E-state index in [1.54, 1.807) is 18.2 Å². The summed E-state index contributed by atoms with van der Waals surface area (Å²) < 4.78 is 37.0. The van der Waals surface area contributed by atoms with E-state index < -0.39 is 21.5 Å². The zero-order valence-electron chi connectivity index (χ0n) is 13.1. The number of benzene rings is 1. The number of carbonyl (C=O) groups excluding carboxylic acids is 1. The SMILES string of the molecule is CC(C)CCCCCC(=O)OC(c1ccccc1)S(=O)(=O)O. The lowest BCUT2D eigenvalue weighted by Crippen LogP contribution is -2.19. The number of hydrogen-bond donors (Lipinski definition) is 1. The molecule has 0 aliphatic carbocycles. The van der Waals surface area contributed by atoms with Crippen LogP contribution in [0.25, 0.3) is 0 Å². The maximum atomic E-state index is 11.8. The summed E-state index contributed by atoms with van der Waals surface area (Å²) in [6, 6.07) is 7.93. The summed E-state index contributed by atoms with van der Waals surface area (Å²) in [7, 11) is -4.50. The molecule has 0 aromatic heterocycles. The molecule has 0 saturated heterocycles. The molecular weight excluding hydrogens is 304 g/mol. The molecule has 1 N–H and O–H groups in total. The Hall–Kier alpha value is -1.40. The van der Waals surface area contributed by atoms with Crippen LogP contribution in [0.4, 0.5) is 0 Å². The van der Waals surface area contributed by atoms with Gasteiger partial charge < -0.3 is 4.74 Å². The van der Waals surface area contributed by atoms with E-state index >= 15 is 0 Å². The number of rotatable bonds is 9. The van der Waals surface area contributed by atoms with Gasteiger partial charge in [-0.15, -0.1) is 0 Å². The fourth-order valence-corrected chi connectivity index (χ4v) is 2.82. The van der Waals surface area contributed by atoms with Crippen molar-refractivity contribution in [3.63, 3.8) is 0 Å². The zero-order valence-corrected chi connectivity index (χ0v) is 13.9. The van der Waals surface area contributed by atoms with Gasteiger partial charge in [-0.1, -0.05) is 63.4 Å². The molecule has 22 heavy (non-hydrogen) atoms. The highest BCUT2D eigenvalue weighted by Gasteiger charge is 2.28. The molecule has 0 heterocycles. The van der Waals surface area contributed by atoms with Crippen LogP contribution in [0, 0.1) is 5.92 Å². The van der Waals surface area contributed by atoms with Crippen LogP contribution < -0.4 is 0 Å². The molecule has 1 unspecified atom stereocenters. The predicted octanol–water partition coefficient (Wildman–Crippen LogP) is 3.72. The van der Waals surface area contributed by atoms with Gasteiger partial charge in [-0.3, -0.25) is 9.35 Å². The Morgan fingerprint density at radius 2 is 1.77 bits per heavy atom. The second-order valence-electron chi connectivity index (χ2n) is 5.74. The maximum Gasteiger partial charge on any atom is 0.308 e. The second kappa shape index (κ2) is 8.90. The highest BCUT2D eigenvalue weighted by Crippen LogP contribution is 2.23. The minimum Gasteiger partial charge on any atom is -0.438 e. The Morgan fingerprint density at radius 1 is 1.14 bits per heavy atom. The summed E-state index contributed by atoms with van der Waals surface area (Å²) in [4.78, 5) is 11.8. The molecule has 1 aromatic rings. The molecule has 1 rings (SSSR count). The highest BCUT2D eigenvalue weighted by molar-refractivity contribution is 7.85. The maximum absolute atomic E-state index is 11.8. The molecular formula is C16H24O5S. The third kappa shape index (κ3) is 7.04. The fourth-order valence-electron chi connectivity index (χ4n) is 2.09. The number of unbranched alkanes of at least 4 members (excludes halogenated alkanes) is 2. The van der Waals surface area contributed by atoms with Gasteiger partial charge >= 0.3 is 16.1 Å². The molecule has 1 atom stereocenters. The number of carbonyl (C=O) groups is 1. The van der Waals surface area contributed by atoms with Crippen molar-refractivity contribution < 1.29 is 22.5 Å². The standard InChI is InChI=1S/C16H24O5S/c1-13(2)9-5-3-8-12-15(17)21-16(22(18,19)20)14-10-6-4-7-11-14/h4,6-7,10-11,13,16H,3,5,8-9,12H2,1-2H3,(H,18,19,20). The van der Waals surface area contributed by atoms with Crippen LogP contribution in [-0.4, -0.2) is 18.9 Å². The van der Waals surface area contributed by atoms with Crippen molar-refractivity contribution in [2.75, 3.05) is 0 Å². The lowest BCUT2D eigenvalue weighted by Gasteiger charge is -2.15. The van der Waals surface area contributed by atoms with E-state index in [1.807, 2.05) is 0 Å². The summed E-state index contributed by atoms with van der Waals surface area (Å²) in [5.41, 5.74) is -1.42. The summed E-state index contributed by atoms with van der Waals surface area (Å²) in [6.45, 7) is 4.29. The first-order valence-corrected chi connectivity index (χ1v) is 9.01. The van der Waals surface area contributed by atoms with Crippen molar-refractivity contribution in [3.05, 3.63) is 35.9 Å². The smallest absolute Gasteiger partial charge is 0.308 e. The minimum atomic E-state index is -4.50. The van der Waals surface area contributed by atoms with E-state index in [-0.39, 0.29) is 12.0 Å². The Balaban J connectivity index is 2.52. The fraction of sp³-hybridized carbons (Fsp3) is 0.562. The van der Waals surface area contributed by atoms with Gasteiger partial charge in [0.1, 0.15) is 0 Å². The summed E-state index contributed by atoms with van der Waals surface area (Å²) >= 11 is 0. The quantitative estimate of drug-likeness (QED) is 0.424. The van der Waals surface area contributed by atoms with Gasteiger partial charge in [0.2, 0.25) is 0 Å². The summed E-state index contributed by atoms with van der Waals surface area (Å²) in [5, 5.41) is 0. The van der Waals surface area contributed by atoms with Crippen molar-refractivity contribution in [3.8, 4) is 0 Å². The lowest BCUT2D eigenvalue weighted by atomic mass is 10.0. The van der Waals surface area contributed by atoms with Crippen molar-refractivity contribution >= 4 is 16.1 Å². The zero-order chi connectivity index (χ0) is 16.6. The Bertz CT molecular complexity index is 551. The average molecular weight is 328 g/mol. The molecule has 0 aliphatic heterocycles. The number of ether oxygens (including phenoxy) is 1. The molecule has 0 radical (unpaired) electrons. The summed E-state index contributed by atoms with van der Waals surface area (Å²) in [6.07, 6.45) is 3.84. The monoisotopic (exact) mass is 328 g/mol. The number of esters is 1. The first-order valence-electron chi connectivity index (χ1n) is 7.51. The van der Waals surface area contributed by atoms with E-state index in [0.29, 0.717) is 12.3 Å². The molecule has 124 valence electrons. The van der Waals surface area contributed by atoms with Crippen molar-refractivity contribution in [1.82, 2.24) is 0 Å². The molecule has 0 spiro atoms. The van der Waals surface area contributed by atoms with E-state index in [9.17, 15) is 17.8 Å². The van der Waals surface area contributed by atoms with Crippen LogP contribution in [-0.2, 0) is 19.6 Å². The second-order valence-corrected chi connectivity index (χ2v) is 7.20. The van der Waals surface area contributed by atoms with Crippen LogP contribution in [0.15, 0.2) is 30.3 Å². The molecule has 0 saturated carbocycles. The van der Waals surface area contributed by atoms with Gasteiger partial charge in [0.15, 0.2) is 0 Å². The van der Waals surface area contributed by atoms with Crippen LogP contribution in [0.5, 0.6) is 0 Å². The van der Waals surface area contributed by atoms with Crippen molar-refractivity contribution in [2.45, 2.75) is 51.4 Å². The van der Waals surface area contributed by atoms with Gasteiger partial charge in [0.05, 0.1) is 0 Å². The third-order valence-corrected chi connectivity index (χ3v) is 4.15. The Labute approximate surface area is 132 Å². The lowest BCUT2D eigenvalue weighted by molar-refractivity contribution is -0.146. The minimum absolute atomic E-state index is 0.150. The van der Waals surface area contributed by atoms with Crippen LogP contribution in [0.1, 0.15) is 57.0 Å². The molecule has 0 amide bonds. The van der Waals surface area contributed by atoms with Crippen LogP contribution >= 0.6 is 0 Å². The average Bonchev–Trinajstić information content (AvgIpc) is 2.44. The molecule has 0 fully saturated rings. The normalized spacial score (nSPS) is 13.1. The van der Waals surface area contributed by atoms with Crippen molar-refractivity contribution in [1.29, 1.82) is 0 Å². The largest absolute Gasteiger partial charge is 0.438 e. The topological polar surface area (TPSA) is 80.7 Å². The molecule has 6 heteroatoms. The van der Waals surface area contributed by atoms with Gasteiger partial charge in [-0.2, -0.15) is 8.42 Å². The Morgan fingerprint density at radius 3 is 2.32 bits per heavy atom. The number of hydrogen-bond acceptors (Lipinski definition) is 4. The summed E-state index contributed by atoms with van der Waals surface area (Å²) in [5.74, 6) is 0.0185. The van der Waals surface area contributed by atoms with Crippen LogP contribution in [0.3, 0.4) is 0 Å². The van der Waals surface area contributed by atoms with E-state index in [1.165, 1.54) is 12.1 Å².